The van der Waals surface area contributed by atoms with E-state index in [0.29, 0.717) is 5.95 Å². The summed E-state index contributed by atoms with van der Waals surface area (Å²) in [5, 5.41) is 7.73. The molecule has 0 fully saturated rings. The van der Waals surface area contributed by atoms with E-state index in [4.69, 9.17) is 9.47 Å². The maximum Gasteiger partial charge on any atom is 0.226 e. The molecule has 1 aromatic heterocycles. The fraction of sp³-hybridized carbons (Fsp3) is 0.158. The van der Waals surface area contributed by atoms with E-state index in [-0.39, 0.29) is 6.04 Å². The van der Waals surface area contributed by atoms with E-state index in [1.165, 1.54) is 0 Å². The van der Waals surface area contributed by atoms with Gasteiger partial charge >= 0.3 is 0 Å². The second-order valence-corrected chi connectivity index (χ2v) is 6.71. The Balaban J connectivity index is 1.84. The van der Waals surface area contributed by atoms with Gasteiger partial charge < -0.3 is 14.8 Å². The van der Waals surface area contributed by atoms with Crippen molar-refractivity contribution in [3.8, 4) is 11.5 Å². The molecule has 1 N–H and O–H groups in total. The number of nitrogens with one attached hydrogen (secondary N) is 1. The summed E-state index contributed by atoms with van der Waals surface area (Å²) in [5.74, 6) is 2.17. The van der Waals surface area contributed by atoms with E-state index >= 15 is 0 Å². The van der Waals surface area contributed by atoms with Crippen LogP contribution in [-0.2, 0) is 0 Å². The van der Waals surface area contributed by atoms with Crippen LogP contribution in [0.25, 0.3) is 5.70 Å². The molecule has 0 saturated heterocycles. The van der Waals surface area contributed by atoms with Crippen LogP contribution in [0.15, 0.2) is 59.3 Å². The van der Waals surface area contributed by atoms with Crippen molar-refractivity contribution in [1.29, 1.82) is 0 Å². The maximum absolute atomic E-state index is 5.59. The fourth-order valence-corrected chi connectivity index (χ4v) is 3.44. The molecule has 26 heavy (non-hydrogen) atoms. The van der Waals surface area contributed by atoms with Gasteiger partial charge in [0.2, 0.25) is 5.95 Å². The van der Waals surface area contributed by atoms with Crippen molar-refractivity contribution >= 4 is 27.6 Å². The van der Waals surface area contributed by atoms with Crippen LogP contribution in [0.5, 0.6) is 11.5 Å². The highest BCUT2D eigenvalue weighted by molar-refractivity contribution is 9.10. The van der Waals surface area contributed by atoms with Crippen LogP contribution in [0.1, 0.15) is 17.2 Å². The molecule has 1 atom stereocenters. The monoisotopic (exact) mass is 412 g/mol. The predicted octanol–water partition coefficient (Wildman–Crippen LogP) is 4.11. The zero-order valence-electron chi connectivity index (χ0n) is 14.3. The lowest BCUT2D eigenvalue weighted by Gasteiger charge is -2.25. The number of ether oxygens (including phenoxy) is 2. The van der Waals surface area contributed by atoms with Crippen molar-refractivity contribution in [1.82, 2.24) is 14.8 Å². The van der Waals surface area contributed by atoms with Gasteiger partial charge in [0.15, 0.2) is 0 Å². The van der Waals surface area contributed by atoms with E-state index in [1.54, 1.807) is 20.5 Å². The number of methoxy groups -OCH3 is 2. The number of allylic oxidation sites excluding steroid dienone is 1. The Morgan fingerprint density at radius 2 is 2.00 bits per heavy atom. The number of hydrogen-bond donors (Lipinski definition) is 1. The lowest BCUT2D eigenvalue weighted by atomic mass is 10.0. The van der Waals surface area contributed by atoms with Crippen LogP contribution in [0, 0.1) is 0 Å². The number of nitrogens with zero attached hydrogens (tertiary/aromatic N) is 3. The van der Waals surface area contributed by atoms with Gasteiger partial charge in [-0.2, -0.15) is 10.1 Å². The molecule has 0 amide bonds. The molecule has 6 nitrogen and oxygen atoms in total. The lowest BCUT2D eigenvalue weighted by Crippen LogP contribution is -2.20. The Morgan fingerprint density at radius 3 is 2.77 bits per heavy atom. The molecule has 1 aliphatic heterocycles. The number of benzene rings is 2. The molecular formula is C19H17BrN4O2. The highest BCUT2D eigenvalue weighted by atomic mass is 79.9. The van der Waals surface area contributed by atoms with Gasteiger partial charge in [0.1, 0.15) is 23.9 Å². The van der Waals surface area contributed by atoms with Crippen molar-refractivity contribution < 1.29 is 9.47 Å². The fourth-order valence-electron chi connectivity index (χ4n) is 3.04. The SMILES string of the molecule is COc1ccc([C@@H]2C=C(c3cccc(Br)c3)Nc3ncnn32)c(OC)c1. The summed E-state index contributed by atoms with van der Waals surface area (Å²) in [5.41, 5.74) is 3.01. The molecule has 0 bridgehead atoms. The van der Waals surface area contributed by atoms with Gasteiger partial charge in [-0.1, -0.05) is 28.1 Å². The Hall–Kier alpha value is -2.80. The first-order chi connectivity index (χ1) is 12.7. The molecule has 2 aromatic carbocycles. The van der Waals surface area contributed by atoms with Crippen LogP contribution in [0.4, 0.5) is 5.95 Å². The van der Waals surface area contributed by atoms with Gasteiger partial charge in [-0.15, -0.1) is 0 Å². The summed E-state index contributed by atoms with van der Waals surface area (Å²) < 4.78 is 13.8. The first-order valence-corrected chi connectivity index (χ1v) is 8.85. The number of anilines is 1. The van der Waals surface area contributed by atoms with E-state index in [1.807, 2.05) is 35.0 Å². The summed E-state index contributed by atoms with van der Waals surface area (Å²) in [7, 11) is 3.29. The Morgan fingerprint density at radius 1 is 1.12 bits per heavy atom. The van der Waals surface area contributed by atoms with Gasteiger partial charge in [-0.05, 0) is 35.9 Å². The quantitative estimate of drug-likeness (QED) is 0.698. The van der Waals surface area contributed by atoms with Crippen molar-refractivity contribution in [2.75, 3.05) is 19.5 Å². The van der Waals surface area contributed by atoms with Gasteiger partial charge in [0.25, 0.3) is 0 Å². The first-order valence-electron chi connectivity index (χ1n) is 8.06. The average Bonchev–Trinajstić information content (AvgIpc) is 3.15. The summed E-state index contributed by atoms with van der Waals surface area (Å²) in [6.45, 7) is 0. The minimum Gasteiger partial charge on any atom is -0.497 e. The molecule has 7 heteroatoms. The topological polar surface area (TPSA) is 61.2 Å². The summed E-state index contributed by atoms with van der Waals surface area (Å²) in [6, 6.07) is 13.8. The molecule has 132 valence electrons. The Kier molecular flexibility index (Phi) is 4.38. The number of aromatic nitrogens is 3. The van der Waals surface area contributed by atoms with Crippen molar-refractivity contribution in [2.24, 2.45) is 0 Å². The zero-order valence-corrected chi connectivity index (χ0v) is 15.9. The van der Waals surface area contributed by atoms with Gasteiger partial charge in [0.05, 0.1) is 14.2 Å². The number of halogens is 1. The Bertz CT molecular complexity index is 983. The standard InChI is InChI=1S/C19H17BrN4O2/c1-25-14-6-7-15(18(9-14)26-2)17-10-16(12-4-3-5-13(20)8-12)23-19-21-11-22-24(17)19/h3-11,17H,1-2H3,(H,21,22,23)/t17-/m0/s1. The van der Waals surface area contributed by atoms with Gasteiger partial charge in [-0.3, -0.25) is 0 Å². The van der Waals surface area contributed by atoms with E-state index in [2.05, 4.69) is 49.5 Å². The zero-order chi connectivity index (χ0) is 18.1. The van der Waals surface area contributed by atoms with Crippen LogP contribution in [0.3, 0.4) is 0 Å². The highest BCUT2D eigenvalue weighted by Crippen LogP contribution is 2.37. The molecule has 0 aliphatic carbocycles. The first kappa shape index (κ1) is 16.7. The van der Waals surface area contributed by atoms with Crippen LogP contribution in [0.2, 0.25) is 0 Å². The second kappa shape index (κ2) is 6.84. The average molecular weight is 413 g/mol. The van der Waals surface area contributed by atoms with E-state index in [0.717, 1.165) is 32.8 Å². The summed E-state index contributed by atoms with van der Waals surface area (Å²) in [4.78, 5) is 4.34. The third-order valence-electron chi connectivity index (χ3n) is 4.30. The largest absolute Gasteiger partial charge is 0.497 e. The van der Waals surface area contributed by atoms with Gasteiger partial charge in [0, 0.05) is 21.8 Å². The number of fused-ring (bicyclic) bond motifs is 1. The maximum atomic E-state index is 5.59. The molecule has 0 radical (unpaired) electrons. The molecule has 3 aromatic rings. The second-order valence-electron chi connectivity index (χ2n) is 5.80. The minimum atomic E-state index is -0.149. The van der Waals surface area contributed by atoms with E-state index < -0.39 is 0 Å². The van der Waals surface area contributed by atoms with Crippen molar-refractivity contribution in [3.63, 3.8) is 0 Å². The normalized spacial score (nSPS) is 15.7. The smallest absolute Gasteiger partial charge is 0.226 e. The molecule has 2 heterocycles. The predicted molar refractivity (Wildman–Crippen MR) is 103 cm³/mol. The molecule has 0 unspecified atom stereocenters. The molecule has 1 aliphatic rings. The van der Waals surface area contributed by atoms with Gasteiger partial charge in [-0.25, -0.2) is 4.68 Å². The number of rotatable bonds is 4. The molecule has 0 spiro atoms. The van der Waals surface area contributed by atoms with Crippen molar-refractivity contribution in [3.05, 3.63) is 70.5 Å². The molecule has 0 saturated carbocycles. The lowest BCUT2D eigenvalue weighted by molar-refractivity contribution is 0.387. The number of hydrogen-bond acceptors (Lipinski definition) is 5. The summed E-state index contributed by atoms with van der Waals surface area (Å²) in [6.07, 6.45) is 3.66. The van der Waals surface area contributed by atoms with E-state index in [9.17, 15) is 0 Å². The molecule has 4 rings (SSSR count). The van der Waals surface area contributed by atoms with Crippen molar-refractivity contribution in [2.45, 2.75) is 6.04 Å². The third-order valence-corrected chi connectivity index (χ3v) is 4.80. The third kappa shape index (κ3) is 2.94. The van der Waals surface area contributed by atoms with Crippen LogP contribution < -0.4 is 14.8 Å². The minimum absolute atomic E-state index is 0.149. The highest BCUT2D eigenvalue weighted by Gasteiger charge is 2.26. The van der Waals surface area contributed by atoms with Crippen LogP contribution in [-0.4, -0.2) is 29.0 Å². The molecular weight excluding hydrogens is 396 g/mol. The van der Waals surface area contributed by atoms with Crippen LogP contribution >= 0.6 is 15.9 Å². The summed E-state index contributed by atoms with van der Waals surface area (Å²) >= 11 is 3.53. The Labute approximate surface area is 159 Å².